The molecule has 0 aromatic heterocycles. The van der Waals surface area contributed by atoms with E-state index in [1.807, 2.05) is 18.2 Å². The number of amides is 1. The van der Waals surface area contributed by atoms with Crippen LogP contribution < -0.4 is 0 Å². The van der Waals surface area contributed by atoms with E-state index in [9.17, 15) is 23.1 Å². The maximum Gasteiger partial charge on any atom is 0.307 e. The molecule has 1 aliphatic heterocycles. The summed E-state index contributed by atoms with van der Waals surface area (Å²) in [5.74, 6) is -3.23. The van der Waals surface area contributed by atoms with Crippen molar-refractivity contribution < 1.29 is 27.9 Å². The van der Waals surface area contributed by atoms with Gasteiger partial charge in [0.2, 0.25) is 5.91 Å². The number of ether oxygens (including phenoxy) is 1. The van der Waals surface area contributed by atoms with Crippen molar-refractivity contribution in [2.45, 2.75) is 23.0 Å². The van der Waals surface area contributed by atoms with Crippen molar-refractivity contribution in [3.63, 3.8) is 0 Å². The van der Waals surface area contributed by atoms with E-state index >= 15 is 0 Å². The van der Waals surface area contributed by atoms with Crippen LogP contribution in [0.3, 0.4) is 0 Å². The lowest BCUT2D eigenvalue weighted by Gasteiger charge is -2.30. The van der Waals surface area contributed by atoms with Crippen molar-refractivity contribution >= 4 is 32.5 Å². The van der Waals surface area contributed by atoms with Crippen LogP contribution in [0.15, 0.2) is 47.4 Å². The van der Waals surface area contributed by atoms with Gasteiger partial charge in [0, 0.05) is 18.5 Å². The lowest BCUT2D eigenvalue weighted by Crippen LogP contribution is -2.45. The second kappa shape index (κ2) is 7.76. The van der Waals surface area contributed by atoms with Gasteiger partial charge in [0.15, 0.2) is 9.84 Å². The van der Waals surface area contributed by atoms with E-state index in [0.29, 0.717) is 31.7 Å². The molecular weight excluding hydrogens is 394 g/mol. The molecule has 2 aliphatic rings. The molecule has 1 amide bonds. The molecular formula is C21H23NO6S. The lowest BCUT2D eigenvalue weighted by atomic mass is 9.94. The van der Waals surface area contributed by atoms with Gasteiger partial charge < -0.3 is 14.7 Å². The van der Waals surface area contributed by atoms with E-state index in [4.69, 9.17) is 4.74 Å². The number of hydrogen-bond acceptors (Lipinski definition) is 5. The number of rotatable bonds is 4. The number of carboxylic acid groups (broad SMARTS) is 1. The van der Waals surface area contributed by atoms with E-state index in [-0.39, 0.29) is 23.6 Å². The highest BCUT2D eigenvalue weighted by atomic mass is 32.2. The van der Waals surface area contributed by atoms with Crippen molar-refractivity contribution in [1.29, 1.82) is 0 Å². The quantitative estimate of drug-likeness (QED) is 0.816. The Morgan fingerprint density at radius 2 is 1.62 bits per heavy atom. The van der Waals surface area contributed by atoms with Gasteiger partial charge in [-0.05, 0) is 24.3 Å². The predicted molar refractivity (Wildman–Crippen MR) is 106 cm³/mol. The van der Waals surface area contributed by atoms with Gasteiger partial charge in [0.1, 0.15) is 0 Å². The Morgan fingerprint density at radius 3 is 2.34 bits per heavy atom. The van der Waals surface area contributed by atoms with Crippen LogP contribution in [-0.4, -0.2) is 61.9 Å². The van der Waals surface area contributed by atoms with Crippen molar-refractivity contribution in [3.05, 3.63) is 42.5 Å². The third-order valence-corrected chi connectivity index (χ3v) is 8.20. The van der Waals surface area contributed by atoms with Gasteiger partial charge in [-0.25, -0.2) is 8.42 Å². The van der Waals surface area contributed by atoms with E-state index in [1.165, 1.54) is 0 Å². The Balaban J connectivity index is 1.66. The summed E-state index contributed by atoms with van der Waals surface area (Å²) in [7, 11) is -3.79. The first-order valence-electron chi connectivity index (χ1n) is 9.70. The van der Waals surface area contributed by atoms with Crippen LogP contribution in [0, 0.1) is 11.8 Å². The molecule has 2 fully saturated rings. The minimum Gasteiger partial charge on any atom is -0.481 e. The van der Waals surface area contributed by atoms with Gasteiger partial charge in [-0.15, -0.1) is 0 Å². The molecule has 0 spiro atoms. The number of nitrogens with zero attached hydrogens (tertiary/aromatic N) is 1. The molecule has 8 heteroatoms. The first kappa shape index (κ1) is 19.8. The second-order valence-corrected chi connectivity index (χ2v) is 9.80. The summed E-state index contributed by atoms with van der Waals surface area (Å²) in [5, 5.41) is 10.2. The van der Waals surface area contributed by atoms with E-state index in [0.717, 1.165) is 5.39 Å². The number of carbonyl (C=O) groups excluding carboxylic acids is 1. The van der Waals surface area contributed by atoms with Gasteiger partial charge in [0.05, 0.1) is 35.2 Å². The van der Waals surface area contributed by atoms with Crippen LogP contribution in [0.1, 0.15) is 12.8 Å². The molecule has 0 unspecified atom stereocenters. The Bertz CT molecular complexity index is 1040. The zero-order chi connectivity index (χ0) is 20.6. The predicted octanol–water partition coefficient (Wildman–Crippen LogP) is 1.95. The van der Waals surface area contributed by atoms with Gasteiger partial charge >= 0.3 is 5.97 Å². The molecule has 154 valence electrons. The minimum atomic E-state index is -3.79. The fourth-order valence-electron chi connectivity index (χ4n) is 4.43. The molecule has 1 aliphatic carbocycles. The summed E-state index contributed by atoms with van der Waals surface area (Å²) in [6.07, 6.45) is -0.0274. The Hall–Kier alpha value is -2.45. The summed E-state index contributed by atoms with van der Waals surface area (Å²) in [6.45, 7) is 1.63. The number of morpholine rings is 1. The molecule has 1 heterocycles. The zero-order valence-electron chi connectivity index (χ0n) is 15.9. The van der Waals surface area contributed by atoms with Crippen LogP contribution in [0.5, 0.6) is 0 Å². The summed E-state index contributed by atoms with van der Waals surface area (Å²) < 4.78 is 32.1. The third kappa shape index (κ3) is 3.62. The zero-order valence-corrected chi connectivity index (χ0v) is 16.7. The maximum atomic E-state index is 13.4. The molecule has 3 atom stereocenters. The molecule has 7 nitrogen and oxygen atoms in total. The average molecular weight is 417 g/mol. The topological polar surface area (TPSA) is 101 Å². The monoisotopic (exact) mass is 417 g/mol. The largest absolute Gasteiger partial charge is 0.481 e. The van der Waals surface area contributed by atoms with Crippen LogP contribution in [0.2, 0.25) is 0 Å². The highest BCUT2D eigenvalue weighted by Gasteiger charge is 2.49. The Kier molecular flexibility index (Phi) is 5.31. The maximum absolute atomic E-state index is 13.4. The van der Waals surface area contributed by atoms with Crippen LogP contribution in [-0.2, 0) is 24.2 Å². The number of carboxylic acids is 1. The Labute approximate surface area is 169 Å². The highest BCUT2D eigenvalue weighted by molar-refractivity contribution is 7.92. The number of sulfone groups is 1. The van der Waals surface area contributed by atoms with Crippen molar-refractivity contribution in [2.24, 2.45) is 11.8 Å². The smallest absolute Gasteiger partial charge is 0.307 e. The Morgan fingerprint density at radius 1 is 0.966 bits per heavy atom. The van der Waals surface area contributed by atoms with E-state index < -0.39 is 32.9 Å². The molecule has 2 aromatic rings. The van der Waals surface area contributed by atoms with Crippen LogP contribution in [0.4, 0.5) is 0 Å². The fraction of sp³-hybridized carbons (Fsp3) is 0.429. The average Bonchev–Trinajstić information content (AvgIpc) is 3.20. The molecule has 1 saturated carbocycles. The van der Waals surface area contributed by atoms with Gasteiger partial charge in [-0.3, -0.25) is 9.59 Å². The molecule has 2 aromatic carbocycles. The van der Waals surface area contributed by atoms with Crippen molar-refractivity contribution in [1.82, 2.24) is 4.90 Å². The van der Waals surface area contributed by atoms with Crippen LogP contribution >= 0.6 is 0 Å². The number of fused-ring (bicyclic) bond motifs is 1. The molecule has 4 rings (SSSR count). The summed E-state index contributed by atoms with van der Waals surface area (Å²) in [5.41, 5.74) is 0. The summed E-state index contributed by atoms with van der Waals surface area (Å²) in [6, 6.07) is 12.3. The molecule has 1 saturated heterocycles. The molecule has 1 N–H and O–H groups in total. The molecule has 0 radical (unpaired) electrons. The first-order chi connectivity index (χ1) is 13.9. The standard InChI is InChI=1S/C21H23NO6S/c23-20(22-8-10-28-11-9-22)17-12-15(13-18(17)21(24)25)29(26,27)19-7-3-5-14-4-1-2-6-16(14)19/h1-7,15,17-18H,8-13H2,(H,24,25)/t15-,17-,18-/m1/s1. The lowest BCUT2D eigenvalue weighted by molar-refractivity contribution is -0.150. The number of carbonyl (C=O) groups is 2. The summed E-state index contributed by atoms with van der Waals surface area (Å²) >= 11 is 0. The highest BCUT2D eigenvalue weighted by Crippen LogP contribution is 2.40. The molecule has 29 heavy (non-hydrogen) atoms. The number of aliphatic carboxylic acids is 1. The summed E-state index contributed by atoms with van der Waals surface area (Å²) in [4.78, 5) is 26.6. The SMILES string of the molecule is O=C(O)[C@@H]1C[C@H](S(=O)(=O)c2cccc3ccccc23)C[C@H]1C(=O)N1CCOCC1. The van der Waals surface area contributed by atoms with Crippen molar-refractivity contribution in [3.8, 4) is 0 Å². The van der Waals surface area contributed by atoms with Crippen LogP contribution in [0.25, 0.3) is 10.8 Å². The second-order valence-electron chi connectivity index (χ2n) is 7.60. The minimum absolute atomic E-state index is 0.0265. The number of benzene rings is 2. The molecule has 0 bridgehead atoms. The number of hydrogen-bond donors (Lipinski definition) is 1. The first-order valence-corrected chi connectivity index (χ1v) is 11.2. The van der Waals surface area contributed by atoms with E-state index in [1.54, 1.807) is 29.2 Å². The third-order valence-electron chi connectivity index (χ3n) is 5.97. The fourth-order valence-corrected chi connectivity index (χ4v) is 6.47. The van der Waals surface area contributed by atoms with Gasteiger partial charge in [0.25, 0.3) is 0 Å². The normalized spacial score (nSPS) is 25.2. The van der Waals surface area contributed by atoms with Gasteiger partial charge in [-0.1, -0.05) is 36.4 Å². The van der Waals surface area contributed by atoms with Gasteiger partial charge in [-0.2, -0.15) is 0 Å². The van der Waals surface area contributed by atoms with E-state index in [2.05, 4.69) is 0 Å². The van der Waals surface area contributed by atoms with Crippen molar-refractivity contribution in [2.75, 3.05) is 26.3 Å².